The van der Waals surface area contributed by atoms with Crippen LogP contribution in [0.4, 0.5) is 5.69 Å². The van der Waals surface area contributed by atoms with Gasteiger partial charge in [0.25, 0.3) is 5.91 Å². The number of rotatable bonds is 5. The van der Waals surface area contributed by atoms with E-state index in [9.17, 15) is 9.59 Å². The molecule has 3 rings (SSSR count). The van der Waals surface area contributed by atoms with E-state index in [0.29, 0.717) is 5.69 Å². The van der Waals surface area contributed by atoms with Crippen LogP contribution >= 0.6 is 34.8 Å². The van der Waals surface area contributed by atoms with Crippen LogP contribution in [-0.4, -0.2) is 24.2 Å². The number of hydrogen-bond acceptors (Lipinski definition) is 5. The van der Waals surface area contributed by atoms with Crippen LogP contribution in [-0.2, 0) is 14.3 Å². The van der Waals surface area contributed by atoms with E-state index in [4.69, 9.17) is 39.5 Å². The first kappa shape index (κ1) is 20.5. The summed E-state index contributed by atoms with van der Waals surface area (Å²) in [7, 11) is 0. The van der Waals surface area contributed by atoms with Crippen LogP contribution in [0.15, 0.2) is 47.6 Å². The summed E-state index contributed by atoms with van der Waals surface area (Å²) in [5.74, 6) is -1.94. The van der Waals surface area contributed by atoms with E-state index in [0.717, 1.165) is 5.56 Å². The van der Waals surface area contributed by atoms with Crippen LogP contribution in [0.3, 0.4) is 0 Å². The molecule has 0 saturated carbocycles. The van der Waals surface area contributed by atoms with Crippen LogP contribution in [0.25, 0.3) is 0 Å². The van der Waals surface area contributed by atoms with E-state index in [1.165, 1.54) is 12.1 Å². The Labute approximate surface area is 176 Å². The molecule has 6 nitrogen and oxygen atoms in total. The smallest absolute Gasteiger partial charge is 0.317 e. The zero-order valence-corrected chi connectivity index (χ0v) is 17.0. The Kier molecular flexibility index (Phi) is 6.44. The van der Waals surface area contributed by atoms with Crippen molar-refractivity contribution in [3.8, 4) is 0 Å². The van der Waals surface area contributed by atoms with Gasteiger partial charge in [0.1, 0.15) is 11.6 Å². The summed E-state index contributed by atoms with van der Waals surface area (Å²) >= 11 is 18.0. The third kappa shape index (κ3) is 4.24. The molecule has 0 spiro atoms. The van der Waals surface area contributed by atoms with Crippen molar-refractivity contribution in [3.05, 3.63) is 63.1 Å². The average molecular weight is 441 g/mol. The fourth-order valence-electron chi connectivity index (χ4n) is 2.86. The van der Waals surface area contributed by atoms with Crippen molar-refractivity contribution in [3.63, 3.8) is 0 Å². The highest BCUT2D eigenvalue weighted by Gasteiger charge is 2.45. The standard InChI is InChI=1S/C19H16Cl3N3O3/c1-2-28-19(27)15-16(10-6-4-3-5-7-10)23-18(26)17(15)25-24-14-9-12(21)11(20)8-13(14)22/h3-9,15-16,24H,2H2,1H3,(H,23,26). The van der Waals surface area contributed by atoms with Crippen LogP contribution in [0.2, 0.25) is 15.1 Å². The maximum atomic E-state index is 12.6. The van der Waals surface area contributed by atoms with Gasteiger partial charge in [0.2, 0.25) is 0 Å². The normalized spacial score (nSPS) is 20.1. The van der Waals surface area contributed by atoms with Crippen molar-refractivity contribution in [2.75, 3.05) is 12.0 Å². The molecule has 1 fully saturated rings. The van der Waals surface area contributed by atoms with Crippen LogP contribution in [0.1, 0.15) is 18.5 Å². The molecule has 2 aromatic rings. The third-order valence-electron chi connectivity index (χ3n) is 4.15. The number of benzene rings is 2. The van der Waals surface area contributed by atoms with E-state index in [-0.39, 0.29) is 27.4 Å². The van der Waals surface area contributed by atoms with E-state index in [1.807, 2.05) is 30.3 Å². The predicted octanol–water partition coefficient (Wildman–Crippen LogP) is 4.47. The molecule has 0 bridgehead atoms. The van der Waals surface area contributed by atoms with Crippen LogP contribution in [0, 0.1) is 5.92 Å². The molecule has 1 amide bonds. The number of esters is 1. The quantitative estimate of drug-likeness (QED) is 0.408. The molecule has 2 atom stereocenters. The van der Waals surface area contributed by atoms with Gasteiger partial charge < -0.3 is 10.1 Å². The monoisotopic (exact) mass is 439 g/mol. The number of carbonyl (C=O) groups excluding carboxylic acids is 2. The van der Waals surface area contributed by atoms with Crippen molar-refractivity contribution in [1.82, 2.24) is 5.32 Å². The molecule has 2 aromatic carbocycles. The second-order valence-electron chi connectivity index (χ2n) is 5.95. The predicted molar refractivity (Wildman–Crippen MR) is 110 cm³/mol. The maximum absolute atomic E-state index is 12.6. The lowest BCUT2D eigenvalue weighted by molar-refractivity contribution is -0.146. The number of carbonyl (C=O) groups is 2. The zero-order chi connectivity index (χ0) is 20.3. The Morgan fingerprint density at radius 3 is 2.50 bits per heavy atom. The Morgan fingerprint density at radius 2 is 1.82 bits per heavy atom. The third-order valence-corrected chi connectivity index (χ3v) is 5.19. The highest BCUT2D eigenvalue weighted by Crippen LogP contribution is 2.33. The van der Waals surface area contributed by atoms with Crippen molar-refractivity contribution in [2.45, 2.75) is 13.0 Å². The van der Waals surface area contributed by atoms with E-state index in [2.05, 4.69) is 15.8 Å². The Morgan fingerprint density at radius 1 is 1.14 bits per heavy atom. The van der Waals surface area contributed by atoms with Gasteiger partial charge in [0.15, 0.2) is 0 Å². The molecule has 1 aliphatic rings. The highest BCUT2D eigenvalue weighted by molar-refractivity contribution is 6.45. The van der Waals surface area contributed by atoms with Crippen LogP contribution < -0.4 is 10.7 Å². The summed E-state index contributed by atoms with van der Waals surface area (Å²) in [4.78, 5) is 25.1. The number of hydrazone groups is 1. The van der Waals surface area contributed by atoms with Crippen molar-refractivity contribution in [1.29, 1.82) is 0 Å². The minimum absolute atomic E-state index is 0.00515. The topological polar surface area (TPSA) is 79.8 Å². The lowest BCUT2D eigenvalue weighted by Gasteiger charge is -2.17. The number of ether oxygens (including phenoxy) is 1. The SMILES string of the molecule is CCOC(=O)C1C(=NNc2cc(Cl)c(Cl)cc2Cl)C(=O)NC1c1ccccc1. The molecule has 28 heavy (non-hydrogen) atoms. The Balaban J connectivity index is 1.95. The largest absolute Gasteiger partial charge is 0.465 e. The highest BCUT2D eigenvalue weighted by atomic mass is 35.5. The molecule has 146 valence electrons. The van der Waals surface area contributed by atoms with Gasteiger partial charge in [0, 0.05) is 0 Å². The lowest BCUT2D eigenvalue weighted by atomic mass is 9.93. The molecule has 1 saturated heterocycles. The average Bonchev–Trinajstić information content (AvgIpc) is 3.01. The maximum Gasteiger partial charge on any atom is 0.317 e. The minimum atomic E-state index is -0.913. The number of halogens is 3. The lowest BCUT2D eigenvalue weighted by Crippen LogP contribution is -2.29. The Hall–Kier alpha value is -2.28. The number of hydrogen-bond donors (Lipinski definition) is 2. The summed E-state index contributed by atoms with van der Waals surface area (Å²) in [6, 6.07) is 11.5. The first-order chi connectivity index (χ1) is 13.4. The van der Waals surface area contributed by atoms with Gasteiger partial charge >= 0.3 is 5.97 Å². The molecule has 1 heterocycles. The number of amides is 1. The summed E-state index contributed by atoms with van der Waals surface area (Å²) in [6.07, 6.45) is 0. The van der Waals surface area contributed by atoms with Gasteiger partial charge in [0.05, 0.1) is 33.4 Å². The number of anilines is 1. The zero-order valence-electron chi connectivity index (χ0n) is 14.7. The first-order valence-corrected chi connectivity index (χ1v) is 9.56. The van der Waals surface area contributed by atoms with Gasteiger partial charge in [-0.1, -0.05) is 65.1 Å². The fraction of sp³-hybridized carbons (Fsp3) is 0.211. The molecule has 2 unspecified atom stereocenters. The van der Waals surface area contributed by atoms with Crippen molar-refractivity contribution >= 4 is 58.1 Å². The second kappa shape index (κ2) is 8.82. The minimum Gasteiger partial charge on any atom is -0.465 e. The summed E-state index contributed by atoms with van der Waals surface area (Å²) in [5.41, 5.74) is 3.81. The van der Waals surface area contributed by atoms with E-state index in [1.54, 1.807) is 6.92 Å². The van der Waals surface area contributed by atoms with Gasteiger partial charge in [-0.15, -0.1) is 0 Å². The molecule has 0 radical (unpaired) electrons. The first-order valence-electron chi connectivity index (χ1n) is 8.43. The van der Waals surface area contributed by atoms with Crippen molar-refractivity contribution in [2.24, 2.45) is 11.0 Å². The summed E-state index contributed by atoms with van der Waals surface area (Å²) in [5, 5.41) is 7.75. The van der Waals surface area contributed by atoms with E-state index < -0.39 is 23.8 Å². The molecular weight excluding hydrogens is 425 g/mol. The van der Waals surface area contributed by atoms with Gasteiger partial charge in [-0.25, -0.2) is 0 Å². The van der Waals surface area contributed by atoms with Crippen molar-refractivity contribution < 1.29 is 14.3 Å². The molecular formula is C19H16Cl3N3O3. The van der Waals surface area contributed by atoms with Crippen LogP contribution in [0.5, 0.6) is 0 Å². The Bertz CT molecular complexity index is 935. The summed E-state index contributed by atoms with van der Waals surface area (Å²) < 4.78 is 5.16. The molecule has 2 N–H and O–H groups in total. The van der Waals surface area contributed by atoms with Gasteiger partial charge in [-0.2, -0.15) is 5.10 Å². The second-order valence-corrected chi connectivity index (χ2v) is 7.17. The van der Waals surface area contributed by atoms with Gasteiger partial charge in [-0.05, 0) is 24.6 Å². The fourth-order valence-corrected chi connectivity index (χ4v) is 3.45. The number of nitrogens with zero attached hydrogens (tertiary/aromatic N) is 1. The van der Waals surface area contributed by atoms with Gasteiger partial charge in [-0.3, -0.25) is 15.0 Å². The molecule has 1 aliphatic heterocycles. The molecule has 9 heteroatoms. The van der Waals surface area contributed by atoms with E-state index >= 15 is 0 Å². The molecule has 0 aliphatic carbocycles. The number of nitrogens with one attached hydrogen (secondary N) is 2. The molecule has 0 aromatic heterocycles. The summed E-state index contributed by atoms with van der Waals surface area (Å²) in [6.45, 7) is 1.88.